The van der Waals surface area contributed by atoms with E-state index in [1.165, 1.54) is 0 Å². The topological polar surface area (TPSA) is 44.5 Å². The van der Waals surface area contributed by atoms with E-state index >= 15 is 0 Å². The molecular weight excluding hydrogens is 178 g/mol. The average Bonchev–Trinajstić information content (AvgIpc) is 2.23. The highest BCUT2D eigenvalue weighted by Gasteiger charge is 2.19. The molecule has 3 heteroatoms. The third kappa shape index (κ3) is 1.74. The Balaban J connectivity index is 2.26. The highest BCUT2D eigenvalue weighted by atomic mass is 16.6. The van der Waals surface area contributed by atoms with E-state index in [2.05, 4.69) is 0 Å². The van der Waals surface area contributed by atoms with Gasteiger partial charge in [-0.15, -0.1) is 0 Å². The van der Waals surface area contributed by atoms with Crippen LogP contribution in [0.5, 0.6) is 0 Å². The third-order valence-electron chi connectivity index (χ3n) is 2.52. The van der Waals surface area contributed by atoms with Gasteiger partial charge < -0.3 is 15.2 Å². The normalized spacial score (nSPS) is 22.2. The van der Waals surface area contributed by atoms with Crippen LogP contribution in [0.15, 0.2) is 18.2 Å². The van der Waals surface area contributed by atoms with E-state index in [9.17, 15) is 0 Å². The Morgan fingerprint density at radius 3 is 2.93 bits per heavy atom. The molecule has 0 amide bonds. The number of para-hydroxylation sites is 1. The van der Waals surface area contributed by atoms with Gasteiger partial charge in [0.25, 0.3) is 0 Å². The molecule has 1 aromatic carbocycles. The first-order valence-electron chi connectivity index (χ1n) is 4.83. The highest BCUT2D eigenvalue weighted by Crippen LogP contribution is 2.27. The molecule has 1 saturated heterocycles. The van der Waals surface area contributed by atoms with Crippen molar-refractivity contribution in [3.8, 4) is 0 Å². The average molecular weight is 193 g/mol. The van der Waals surface area contributed by atoms with Gasteiger partial charge in [-0.2, -0.15) is 0 Å². The van der Waals surface area contributed by atoms with Crippen LogP contribution in [0.4, 0.5) is 5.69 Å². The monoisotopic (exact) mass is 193 g/mol. The third-order valence-corrected chi connectivity index (χ3v) is 2.52. The molecule has 0 aliphatic carbocycles. The summed E-state index contributed by atoms with van der Waals surface area (Å²) in [6.07, 6.45) is 0.00338. The van der Waals surface area contributed by atoms with Crippen LogP contribution in [0.2, 0.25) is 0 Å². The van der Waals surface area contributed by atoms with Gasteiger partial charge in [0.05, 0.1) is 19.8 Å². The Kier molecular flexibility index (Phi) is 2.70. The fraction of sp³-hybridized carbons (Fsp3) is 0.455. The molecule has 3 nitrogen and oxygen atoms in total. The molecule has 0 saturated carbocycles. The molecule has 1 heterocycles. The molecule has 76 valence electrons. The molecule has 1 atom stereocenters. The van der Waals surface area contributed by atoms with Gasteiger partial charge in [-0.1, -0.05) is 18.2 Å². The number of rotatable bonds is 1. The number of anilines is 1. The van der Waals surface area contributed by atoms with Crippen molar-refractivity contribution in [2.75, 3.05) is 25.6 Å². The van der Waals surface area contributed by atoms with Crippen LogP contribution in [0.3, 0.4) is 0 Å². The van der Waals surface area contributed by atoms with Crippen LogP contribution in [0.25, 0.3) is 0 Å². The lowest BCUT2D eigenvalue weighted by Crippen LogP contribution is -2.22. The number of nitrogens with two attached hydrogens (primary N) is 1. The predicted octanol–water partition coefficient (Wildman–Crippen LogP) is 1.67. The summed E-state index contributed by atoms with van der Waals surface area (Å²) < 4.78 is 10.9. The van der Waals surface area contributed by atoms with Crippen molar-refractivity contribution in [2.24, 2.45) is 0 Å². The molecule has 0 spiro atoms. The van der Waals surface area contributed by atoms with E-state index in [1.54, 1.807) is 0 Å². The Labute approximate surface area is 83.8 Å². The molecule has 1 aromatic rings. The number of aryl methyl sites for hydroxylation is 1. The number of ether oxygens (including phenoxy) is 2. The summed E-state index contributed by atoms with van der Waals surface area (Å²) in [5.41, 5.74) is 8.94. The van der Waals surface area contributed by atoms with E-state index in [4.69, 9.17) is 15.2 Å². The Morgan fingerprint density at radius 2 is 2.21 bits per heavy atom. The molecular formula is C11H15NO2. The van der Waals surface area contributed by atoms with Crippen molar-refractivity contribution in [1.29, 1.82) is 0 Å². The van der Waals surface area contributed by atoms with Crippen molar-refractivity contribution in [3.05, 3.63) is 29.3 Å². The van der Waals surface area contributed by atoms with Gasteiger partial charge in [-0.3, -0.25) is 0 Å². The molecule has 0 aromatic heterocycles. The van der Waals surface area contributed by atoms with Crippen molar-refractivity contribution >= 4 is 5.69 Å². The maximum Gasteiger partial charge on any atom is 0.108 e. The molecule has 0 radical (unpaired) electrons. The van der Waals surface area contributed by atoms with Crippen molar-refractivity contribution < 1.29 is 9.47 Å². The quantitative estimate of drug-likeness (QED) is 0.690. The van der Waals surface area contributed by atoms with E-state index in [-0.39, 0.29) is 6.10 Å². The zero-order valence-electron chi connectivity index (χ0n) is 8.32. The molecule has 1 unspecified atom stereocenters. The molecule has 14 heavy (non-hydrogen) atoms. The second-order valence-corrected chi connectivity index (χ2v) is 3.51. The lowest BCUT2D eigenvalue weighted by atomic mass is 10.0. The molecule has 1 aliphatic rings. The van der Waals surface area contributed by atoms with Crippen LogP contribution in [-0.2, 0) is 9.47 Å². The number of nitrogen functional groups attached to an aromatic ring is 1. The van der Waals surface area contributed by atoms with Crippen molar-refractivity contribution in [1.82, 2.24) is 0 Å². The molecule has 2 N–H and O–H groups in total. The Bertz CT molecular complexity index is 319. The zero-order chi connectivity index (χ0) is 9.97. The fourth-order valence-corrected chi connectivity index (χ4v) is 1.65. The maximum absolute atomic E-state index is 5.98. The standard InChI is InChI=1S/C11H15NO2/c1-8-3-2-4-9(11(8)12)10-7-13-5-6-14-10/h2-4,10H,5-7,12H2,1H3. The van der Waals surface area contributed by atoms with Crippen LogP contribution in [0, 0.1) is 6.92 Å². The largest absolute Gasteiger partial charge is 0.398 e. The van der Waals surface area contributed by atoms with Gasteiger partial charge in [0.1, 0.15) is 6.10 Å². The molecule has 1 fully saturated rings. The molecule has 1 aliphatic heterocycles. The van der Waals surface area contributed by atoms with Crippen LogP contribution >= 0.6 is 0 Å². The summed E-state index contributed by atoms with van der Waals surface area (Å²) in [7, 11) is 0. The summed E-state index contributed by atoms with van der Waals surface area (Å²) in [5.74, 6) is 0. The van der Waals surface area contributed by atoms with Gasteiger partial charge in [-0.25, -0.2) is 0 Å². The summed E-state index contributed by atoms with van der Waals surface area (Å²) in [4.78, 5) is 0. The molecule has 0 bridgehead atoms. The minimum Gasteiger partial charge on any atom is -0.398 e. The van der Waals surface area contributed by atoms with Gasteiger partial charge in [0, 0.05) is 11.3 Å². The molecule has 2 rings (SSSR count). The fourth-order valence-electron chi connectivity index (χ4n) is 1.65. The van der Waals surface area contributed by atoms with Gasteiger partial charge in [-0.05, 0) is 12.5 Å². The lowest BCUT2D eigenvalue weighted by Gasteiger charge is -2.24. The zero-order valence-corrected chi connectivity index (χ0v) is 8.32. The number of benzene rings is 1. The lowest BCUT2D eigenvalue weighted by molar-refractivity contribution is -0.0898. The van der Waals surface area contributed by atoms with Gasteiger partial charge >= 0.3 is 0 Å². The summed E-state index contributed by atoms with van der Waals surface area (Å²) in [5, 5.41) is 0. The highest BCUT2D eigenvalue weighted by molar-refractivity contribution is 5.54. The number of hydrogen-bond donors (Lipinski definition) is 1. The van der Waals surface area contributed by atoms with Crippen molar-refractivity contribution in [2.45, 2.75) is 13.0 Å². The first-order valence-corrected chi connectivity index (χ1v) is 4.83. The van der Waals surface area contributed by atoms with E-state index in [0.29, 0.717) is 19.8 Å². The first-order chi connectivity index (χ1) is 6.79. The van der Waals surface area contributed by atoms with E-state index < -0.39 is 0 Å². The van der Waals surface area contributed by atoms with Gasteiger partial charge in [0.15, 0.2) is 0 Å². The van der Waals surface area contributed by atoms with Gasteiger partial charge in [0.2, 0.25) is 0 Å². The minimum absolute atomic E-state index is 0.00338. The Morgan fingerprint density at radius 1 is 1.36 bits per heavy atom. The maximum atomic E-state index is 5.98. The predicted molar refractivity (Wildman–Crippen MR) is 55.1 cm³/mol. The second-order valence-electron chi connectivity index (χ2n) is 3.51. The minimum atomic E-state index is 0.00338. The smallest absolute Gasteiger partial charge is 0.108 e. The SMILES string of the molecule is Cc1cccc(C2COCCO2)c1N. The van der Waals surface area contributed by atoms with Crippen molar-refractivity contribution in [3.63, 3.8) is 0 Å². The first kappa shape index (κ1) is 9.49. The van der Waals surface area contributed by atoms with Crippen LogP contribution in [-0.4, -0.2) is 19.8 Å². The van der Waals surface area contributed by atoms with E-state index in [0.717, 1.165) is 16.8 Å². The second kappa shape index (κ2) is 3.98. The van der Waals surface area contributed by atoms with Crippen LogP contribution < -0.4 is 5.73 Å². The summed E-state index contributed by atoms with van der Waals surface area (Å²) in [6.45, 7) is 3.94. The summed E-state index contributed by atoms with van der Waals surface area (Å²) in [6, 6.07) is 6.00. The van der Waals surface area contributed by atoms with E-state index in [1.807, 2.05) is 25.1 Å². The number of hydrogen-bond acceptors (Lipinski definition) is 3. The van der Waals surface area contributed by atoms with Crippen LogP contribution in [0.1, 0.15) is 17.2 Å². The summed E-state index contributed by atoms with van der Waals surface area (Å²) >= 11 is 0. The Hall–Kier alpha value is -1.06.